The van der Waals surface area contributed by atoms with Crippen molar-refractivity contribution in [2.24, 2.45) is 5.92 Å². The number of hydrogen-bond donors (Lipinski definition) is 2. The highest BCUT2D eigenvalue weighted by Gasteiger charge is 2.25. The molecule has 0 bridgehead atoms. The van der Waals surface area contributed by atoms with Crippen LogP contribution < -0.4 is 15.8 Å². The molecule has 3 rings (SSSR count). The van der Waals surface area contributed by atoms with Crippen molar-refractivity contribution in [3.8, 4) is 5.88 Å². The van der Waals surface area contributed by atoms with Crippen molar-refractivity contribution in [1.29, 1.82) is 0 Å². The van der Waals surface area contributed by atoms with Crippen LogP contribution in [0, 0.1) is 5.92 Å². The van der Waals surface area contributed by atoms with Gasteiger partial charge in [-0.15, -0.1) is 0 Å². The first kappa shape index (κ1) is 13.5. The molecule has 20 heavy (non-hydrogen) atoms. The number of nitrogens with two attached hydrogens (primary N) is 1. The van der Waals surface area contributed by atoms with E-state index in [0.29, 0.717) is 29.6 Å². The smallest absolute Gasteiger partial charge is 0.239 e. The van der Waals surface area contributed by atoms with Gasteiger partial charge in [-0.1, -0.05) is 0 Å². The van der Waals surface area contributed by atoms with Gasteiger partial charge in [0.15, 0.2) is 0 Å². The SMILES string of the molecule is COC1CCC(Nc2ccc(N)c(OCC3CC3)n2)C1. The summed E-state index contributed by atoms with van der Waals surface area (Å²) in [5, 5.41) is 3.45. The van der Waals surface area contributed by atoms with Crippen LogP contribution in [-0.4, -0.2) is 30.8 Å². The highest BCUT2D eigenvalue weighted by Crippen LogP contribution is 2.31. The van der Waals surface area contributed by atoms with Crippen molar-refractivity contribution in [1.82, 2.24) is 4.98 Å². The Balaban J connectivity index is 1.59. The van der Waals surface area contributed by atoms with E-state index in [1.807, 2.05) is 12.1 Å². The molecule has 2 aliphatic carbocycles. The van der Waals surface area contributed by atoms with Gasteiger partial charge in [-0.25, -0.2) is 0 Å². The van der Waals surface area contributed by atoms with E-state index in [1.165, 1.54) is 12.8 Å². The number of anilines is 2. The van der Waals surface area contributed by atoms with Gasteiger partial charge < -0.3 is 20.5 Å². The van der Waals surface area contributed by atoms with Crippen LogP contribution in [-0.2, 0) is 4.74 Å². The lowest BCUT2D eigenvalue weighted by atomic mass is 10.2. The Morgan fingerprint density at radius 3 is 2.85 bits per heavy atom. The van der Waals surface area contributed by atoms with Crippen LogP contribution in [0.3, 0.4) is 0 Å². The first-order chi connectivity index (χ1) is 9.74. The summed E-state index contributed by atoms with van der Waals surface area (Å²) in [5.41, 5.74) is 6.52. The van der Waals surface area contributed by atoms with Gasteiger partial charge in [0.25, 0.3) is 0 Å². The fourth-order valence-electron chi connectivity index (χ4n) is 2.62. The number of rotatable bonds is 6. The van der Waals surface area contributed by atoms with Crippen LogP contribution in [0.5, 0.6) is 5.88 Å². The first-order valence-corrected chi connectivity index (χ1v) is 7.43. The number of ether oxygens (including phenoxy) is 2. The fraction of sp³-hybridized carbons (Fsp3) is 0.667. The molecule has 2 aliphatic rings. The van der Waals surface area contributed by atoms with Crippen LogP contribution in [0.1, 0.15) is 32.1 Å². The summed E-state index contributed by atoms with van der Waals surface area (Å²) >= 11 is 0. The number of nitrogens with one attached hydrogen (secondary N) is 1. The largest absolute Gasteiger partial charge is 0.476 e. The van der Waals surface area contributed by atoms with E-state index < -0.39 is 0 Å². The Labute approximate surface area is 119 Å². The summed E-state index contributed by atoms with van der Waals surface area (Å²) in [6.45, 7) is 0.732. The lowest BCUT2D eigenvalue weighted by Crippen LogP contribution is -2.18. The Morgan fingerprint density at radius 2 is 2.15 bits per heavy atom. The highest BCUT2D eigenvalue weighted by atomic mass is 16.5. The molecule has 5 nitrogen and oxygen atoms in total. The molecule has 5 heteroatoms. The third-order valence-electron chi connectivity index (χ3n) is 4.11. The summed E-state index contributed by atoms with van der Waals surface area (Å²) in [6, 6.07) is 4.20. The molecular formula is C15H23N3O2. The minimum absolute atomic E-state index is 0.367. The molecule has 1 aromatic heterocycles. The van der Waals surface area contributed by atoms with E-state index in [-0.39, 0.29) is 0 Å². The number of aromatic nitrogens is 1. The molecule has 2 fully saturated rings. The van der Waals surface area contributed by atoms with Gasteiger partial charge in [-0.3, -0.25) is 0 Å². The van der Waals surface area contributed by atoms with Crippen molar-refractivity contribution in [3.05, 3.63) is 12.1 Å². The molecule has 0 radical (unpaired) electrons. The van der Waals surface area contributed by atoms with E-state index in [9.17, 15) is 0 Å². The second kappa shape index (κ2) is 5.87. The number of nitrogen functional groups attached to an aromatic ring is 1. The molecule has 110 valence electrons. The molecule has 1 aromatic rings. The Morgan fingerprint density at radius 1 is 1.30 bits per heavy atom. The predicted octanol–water partition coefficient (Wildman–Crippen LogP) is 2.43. The maximum atomic E-state index is 5.91. The zero-order chi connectivity index (χ0) is 13.9. The molecule has 0 aromatic carbocycles. The van der Waals surface area contributed by atoms with Gasteiger partial charge in [0.05, 0.1) is 18.4 Å². The normalized spacial score (nSPS) is 25.6. The van der Waals surface area contributed by atoms with Crippen molar-refractivity contribution in [2.75, 3.05) is 24.8 Å². The third kappa shape index (κ3) is 3.33. The van der Waals surface area contributed by atoms with Crippen LogP contribution >= 0.6 is 0 Å². The highest BCUT2D eigenvalue weighted by molar-refractivity contribution is 5.53. The Kier molecular flexibility index (Phi) is 3.96. The fourth-order valence-corrected chi connectivity index (χ4v) is 2.62. The van der Waals surface area contributed by atoms with Crippen LogP contribution in [0.25, 0.3) is 0 Å². The number of nitrogens with zero attached hydrogens (tertiary/aromatic N) is 1. The monoisotopic (exact) mass is 277 g/mol. The van der Waals surface area contributed by atoms with Gasteiger partial charge in [-0.05, 0) is 50.2 Å². The molecule has 3 N–H and O–H groups in total. The van der Waals surface area contributed by atoms with Crippen LogP contribution in [0.15, 0.2) is 12.1 Å². The topological polar surface area (TPSA) is 69.4 Å². The van der Waals surface area contributed by atoms with Crippen LogP contribution in [0.2, 0.25) is 0 Å². The molecule has 1 heterocycles. The number of hydrogen-bond acceptors (Lipinski definition) is 5. The van der Waals surface area contributed by atoms with Gasteiger partial charge >= 0.3 is 0 Å². The second-order valence-corrected chi connectivity index (χ2v) is 5.86. The zero-order valence-electron chi connectivity index (χ0n) is 12.0. The van der Waals surface area contributed by atoms with Crippen molar-refractivity contribution in [2.45, 2.75) is 44.2 Å². The third-order valence-corrected chi connectivity index (χ3v) is 4.11. The van der Waals surface area contributed by atoms with E-state index in [2.05, 4.69) is 10.3 Å². The average molecular weight is 277 g/mol. The van der Waals surface area contributed by atoms with Crippen molar-refractivity contribution < 1.29 is 9.47 Å². The molecule has 2 saturated carbocycles. The summed E-state index contributed by atoms with van der Waals surface area (Å²) in [7, 11) is 1.78. The van der Waals surface area contributed by atoms with Crippen molar-refractivity contribution in [3.63, 3.8) is 0 Å². The Bertz CT molecular complexity index is 462. The second-order valence-electron chi connectivity index (χ2n) is 5.86. The zero-order valence-corrected chi connectivity index (χ0v) is 12.0. The Hall–Kier alpha value is -1.49. The summed E-state index contributed by atoms with van der Waals surface area (Å²) < 4.78 is 11.1. The molecule has 2 unspecified atom stereocenters. The van der Waals surface area contributed by atoms with Crippen LogP contribution in [0.4, 0.5) is 11.5 Å². The van der Waals surface area contributed by atoms with Gasteiger partial charge in [0, 0.05) is 13.2 Å². The average Bonchev–Trinajstić information content (AvgIpc) is 3.18. The minimum atomic E-state index is 0.367. The maximum absolute atomic E-state index is 5.91. The quantitative estimate of drug-likeness (QED) is 0.835. The molecule has 0 saturated heterocycles. The number of pyridine rings is 1. The number of methoxy groups -OCH3 is 1. The first-order valence-electron chi connectivity index (χ1n) is 7.43. The molecule has 0 spiro atoms. The molecule has 0 aliphatic heterocycles. The van der Waals surface area contributed by atoms with E-state index in [0.717, 1.165) is 31.7 Å². The molecule has 0 amide bonds. The van der Waals surface area contributed by atoms with Gasteiger partial charge in [-0.2, -0.15) is 4.98 Å². The lowest BCUT2D eigenvalue weighted by molar-refractivity contribution is 0.108. The summed E-state index contributed by atoms with van der Waals surface area (Å²) in [4.78, 5) is 4.49. The summed E-state index contributed by atoms with van der Waals surface area (Å²) in [6.07, 6.45) is 6.14. The van der Waals surface area contributed by atoms with E-state index in [4.69, 9.17) is 15.2 Å². The maximum Gasteiger partial charge on any atom is 0.239 e. The molecular weight excluding hydrogens is 254 g/mol. The van der Waals surface area contributed by atoms with Gasteiger partial charge in [0.2, 0.25) is 5.88 Å². The predicted molar refractivity (Wildman–Crippen MR) is 78.9 cm³/mol. The van der Waals surface area contributed by atoms with E-state index in [1.54, 1.807) is 7.11 Å². The summed E-state index contributed by atoms with van der Waals surface area (Å²) in [5.74, 6) is 2.10. The standard InChI is InChI=1S/C15H23N3O2/c1-19-12-5-4-11(8-12)17-14-7-6-13(16)15(18-14)20-9-10-2-3-10/h6-7,10-12H,2-5,8-9,16H2,1H3,(H,17,18). The molecule has 2 atom stereocenters. The van der Waals surface area contributed by atoms with E-state index >= 15 is 0 Å². The lowest BCUT2D eigenvalue weighted by Gasteiger charge is -2.15. The minimum Gasteiger partial charge on any atom is -0.476 e. The van der Waals surface area contributed by atoms with Crippen molar-refractivity contribution >= 4 is 11.5 Å². The van der Waals surface area contributed by atoms with Gasteiger partial charge in [0.1, 0.15) is 5.82 Å².